The Morgan fingerprint density at radius 2 is 2.00 bits per heavy atom. The number of hydrogen-bond acceptors (Lipinski definition) is 3. The third-order valence-corrected chi connectivity index (χ3v) is 3.73. The molecule has 1 aromatic heterocycles. The van der Waals surface area contributed by atoms with Gasteiger partial charge in [0.2, 0.25) is 0 Å². The van der Waals surface area contributed by atoms with Crippen molar-refractivity contribution in [3.05, 3.63) is 66.0 Å². The molecule has 0 amide bonds. The number of rotatable bonds is 4. The van der Waals surface area contributed by atoms with E-state index < -0.39 is 0 Å². The average molecular weight is 284 g/mol. The van der Waals surface area contributed by atoms with Crippen molar-refractivity contribution in [3.63, 3.8) is 0 Å². The van der Waals surface area contributed by atoms with Crippen molar-refractivity contribution in [2.24, 2.45) is 5.84 Å². The van der Waals surface area contributed by atoms with E-state index in [1.54, 1.807) is 18.3 Å². The smallest absolute Gasteiger partial charge is 0.131 e. The molecular weight excluding hydrogens is 267 g/mol. The number of benzene rings is 2. The van der Waals surface area contributed by atoms with Crippen molar-refractivity contribution in [2.45, 2.75) is 19.5 Å². The molecule has 0 aliphatic carbocycles. The number of nitrogens with one attached hydrogen (secondary N) is 1. The Morgan fingerprint density at radius 3 is 2.71 bits per heavy atom. The third kappa shape index (κ3) is 2.30. The van der Waals surface area contributed by atoms with Crippen LogP contribution in [0.3, 0.4) is 0 Å². The first-order chi connectivity index (χ1) is 10.3. The summed E-state index contributed by atoms with van der Waals surface area (Å²) in [6, 6.07) is 10.3. The lowest BCUT2D eigenvalue weighted by atomic mass is 9.98. The summed E-state index contributed by atoms with van der Waals surface area (Å²) in [5, 5.41) is 1.43. The zero-order chi connectivity index (χ0) is 14.8. The fraction of sp³-hybridized carbons (Fsp3) is 0.188. The summed E-state index contributed by atoms with van der Waals surface area (Å²) in [6.45, 7) is 2.84. The molecule has 4 nitrogen and oxygen atoms in total. The van der Waals surface area contributed by atoms with Gasteiger partial charge in [0, 0.05) is 24.3 Å². The number of halogens is 1. The summed E-state index contributed by atoms with van der Waals surface area (Å²) in [5.41, 5.74) is 3.71. The predicted octanol–water partition coefficient (Wildman–Crippen LogP) is 2.75. The van der Waals surface area contributed by atoms with Gasteiger partial charge in [-0.05, 0) is 23.9 Å². The molecule has 108 valence electrons. The second-order valence-corrected chi connectivity index (χ2v) is 4.85. The second kappa shape index (κ2) is 5.63. The number of fused-ring (bicyclic) bond motifs is 1. The summed E-state index contributed by atoms with van der Waals surface area (Å²) in [6.07, 6.45) is 3.65. The maximum Gasteiger partial charge on any atom is 0.131 e. The van der Waals surface area contributed by atoms with Gasteiger partial charge in [-0.3, -0.25) is 5.84 Å². The third-order valence-electron chi connectivity index (χ3n) is 3.73. The van der Waals surface area contributed by atoms with Crippen LogP contribution in [0.1, 0.15) is 24.4 Å². The van der Waals surface area contributed by atoms with Gasteiger partial charge in [-0.1, -0.05) is 30.3 Å². The molecule has 0 aliphatic rings. The van der Waals surface area contributed by atoms with E-state index in [0.717, 1.165) is 23.3 Å². The van der Waals surface area contributed by atoms with E-state index in [-0.39, 0.29) is 11.9 Å². The topological polar surface area (TPSA) is 55.9 Å². The number of aryl methyl sites for hydroxylation is 1. The Bertz CT molecular complexity index is 766. The van der Waals surface area contributed by atoms with Crippen molar-refractivity contribution in [2.75, 3.05) is 0 Å². The Hall–Kier alpha value is -2.24. The molecule has 5 heteroatoms. The molecule has 3 N–H and O–H groups in total. The highest BCUT2D eigenvalue weighted by Gasteiger charge is 2.20. The molecule has 0 fully saturated rings. The Labute approximate surface area is 122 Å². The lowest BCUT2D eigenvalue weighted by Gasteiger charge is -2.19. The maximum absolute atomic E-state index is 13.9. The van der Waals surface area contributed by atoms with Gasteiger partial charge in [0.25, 0.3) is 0 Å². The van der Waals surface area contributed by atoms with Gasteiger partial charge in [-0.15, -0.1) is 0 Å². The Balaban J connectivity index is 2.20. The van der Waals surface area contributed by atoms with Gasteiger partial charge >= 0.3 is 0 Å². The average Bonchev–Trinajstić information content (AvgIpc) is 2.99. The van der Waals surface area contributed by atoms with Crippen LogP contribution in [-0.2, 0) is 6.54 Å². The van der Waals surface area contributed by atoms with Crippen LogP contribution in [0.15, 0.2) is 48.8 Å². The van der Waals surface area contributed by atoms with Gasteiger partial charge in [-0.2, -0.15) is 0 Å². The minimum atomic E-state index is -0.287. The summed E-state index contributed by atoms with van der Waals surface area (Å²) in [5.74, 6) is 6.34. The molecule has 3 aromatic rings. The number of nitrogens with zero attached hydrogens (tertiary/aromatic N) is 2. The van der Waals surface area contributed by atoms with Crippen LogP contribution in [0.2, 0.25) is 0 Å². The van der Waals surface area contributed by atoms with E-state index in [9.17, 15) is 4.39 Å². The fourth-order valence-electron chi connectivity index (χ4n) is 2.69. The van der Waals surface area contributed by atoms with E-state index in [2.05, 4.69) is 10.4 Å². The number of aromatic nitrogens is 2. The molecule has 0 bridgehead atoms. The summed E-state index contributed by atoms with van der Waals surface area (Å²) in [7, 11) is 0. The van der Waals surface area contributed by atoms with Crippen LogP contribution in [0.5, 0.6) is 0 Å². The molecule has 0 aliphatic heterocycles. The summed E-state index contributed by atoms with van der Waals surface area (Å²) >= 11 is 0. The molecule has 1 atom stereocenters. The van der Waals surface area contributed by atoms with Crippen LogP contribution in [0.4, 0.5) is 4.39 Å². The molecular formula is C16H17FN4. The zero-order valence-corrected chi connectivity index (χ0v) is 11.8. The highest BCUT2D eigenvalue weighted by Crippen LogP contribution is 2.29. The Morgan fingerprint density at radius 1 is 1.24 bits per heavy atom. The number of hydrogen-bond donors (Lipinski definition) is 2. The molecule has 21 heavy (non-hydrogen) atoms. The van der Waals surface area contributed by atoms with Crippen LogP contribution >= 0.6 is 0 Å². The van der Waals surface area contributed by atoms with Gasteiger partial charge in [0.1, 0.15) is 17.7 Å². The van der Waals surface area contributed by atoms with Crippen LogP contribution < -0.4 is 11.3 Å². The number of nitrogens with two attached hydrogens (primary N) is 1. The quantitative estimate of drug-likeness (QED) is 0.572. The van der Waals surface area contributed by atoms with Gasteiger partial charge in [0.05, 0.1) is 0 Å². The largest absolute Gasteiger partial charge is 0.334 e. The van der Waals surface area contributed by atoms with Gasteiger partial charge in [0.15, 0.2) is 0 Å². The highest BCUT2D eigenvalue weighted by molar-refractivity contribution is 5.87. The van der Waals surface area contributed by atoms with Gasteiger partial charge < -0.3 is 4.57 Å². The van der Waals surface area contributed by atoms with Crippen LogP contribution in [0, 0.1) is 5.82 Å². The molecule has 1 heterocycles. The molecule has 1 unspecified atom stereocenters. The van der Waals surface area contributed by atoms with E-state index in [1.165, 1.54) is 6.07 Å². The van der Waals surface area contributed by atoms with Crippen LogP contribution in [-0.4, -0.2) is 9.55 Å². The van der Waals surface area contributed by atoms with E-state index >= 15 is 0 Å². The van der Waals surface area contributed by atoms with E-state index in [4.69, 9.17) is 5.84 Å². The molecule has 0 saturated carbocycles. The highest BCUT2D eigenvalue weighted by atomic mass is 19.1. The minimum Gasteiger partial charge on any atom is -0.334 e. The van der Waals surface area contributed by atoms with Gasteiger partial charge in [-0.25, -0.2) is 14.8 Å². The van der Waals surface area contributed by atoms with Crippen molar-refractivity contribution in [1.29, 1.82) is 0 Å². The number of imidazole rings is 1. The molecule has 3 rings (SSSR count). The summed E-state index contributed by atoms with van der Waals surface area (Å²) in [4.78, 5) is 4.39. The lowest BCUT2D eigenvalue weighted by molar-refractivity contribution is 0.562. The van der Waals surface area contributed by atoms with Crippen molar-refractivity contribution >= 4 is 10.8 Å². The van der Waals surface area contributed by atoms with Crippen molar-refractivity contribution in [3.8, 4) is 0 Å². The zero-order valence-electron chi connectivity index (χ0n) is 11.8. The first-order valence-electron chi connectivity index (χ1n) is 6.90. The van der Waals surface area contributed by atoms with Crippen LogP contribution in [0.25, 0.3) is 10.8 Å². The standard InChI is InChI=1S/C16H17FN4/c1-2-21-10-9-19-16(21)15(20-18)13-7-8-14(17)12-6-4-3-5-11(12)13/h3-10,15,20H,2,18H2,1H3. The molecule has 0 spiro atoms. The SMILES string of the molecule is CCn1ccnc1C(NN)c1ccc(F)c2ccccc12. The molecule has 0 radical (unpaired) electrons. The normalized spacial score (nSPS) is 12.7. The monoisotopic (exact) mass is 284 g/mol. The first kappa shape index (κ1) is 13.7. The predicted molar refractivity (Wildman–Crippen MR) is 81.0 cm³/mol. The lowest BCUT2D eigenvalue weighted by Crippen LogP contribution is -2.31. The molecule has 0 saturated heterocycles. The maximum atomic E-state index is 13.9. The first-order valence-corrected chi connectivity index (χ1v) is 6.90. The van der Waals surface area contributed by atoms with E-state index in [1.807, 2.05) is 35.9 Å². The van der Waals surface area contributed by atoms with Crippen molar-refractivity contribution in [1.82, 2.24) is 15.0 Å². The summed E-state index contributed by atoms with van der Waals surface area (Å²) < 4.78 is 16.0. The molecule has 2 aromatic carbocycles. The minimum absolute atomic E-state index is 0.232. The second-order valence-electron chi connectivity index (χ2n) is 4.85. The Kier molecular flexibility index (Phi) is 3.68. The van der Waals surface area contributed by atoms with E-state index in [0.29, 0.717) is 5.39 Å². The van der Waals surface area contributed by atoms with Crippen molar-refractivity contribution < 1.29 is 4.39 Å². The fourth-order valence-corrected chi connectivity index (χ4v) is 2.69. The number of hydrazine groups is 1.